The predicted octanol–water partition coefficient (Wildman–Crippen LogP) is 2.09. The highest BCUT2D eigenvalue weighted by atomic mass is 16.5. The number of pyridine rings is 1. The molecule has 0 saturated heterocycles. The zero-order valence-electron chi connectivity index (χ0n) is 11.5. The number of nitrogens with two attached hydrogens (primary N) is 1. The Morgan fingerprint density at radius 1 is 1.30 bits per heavy atom. The highest BCUT2D eigenvalue weighted by Gasteiger charge is 2.15. The molecule has 0 saturated carbocycles. The van der Waals surface area contributed by atoms with Crippen LogP contribution in [0, 0.1) is 0 Å². The number of hydrogen-bond donors (Lipinski definition) is 1. The lowest BCUT2D eigenvalue weighted by molar-refractivity contribution is 0.0601. The molecule has 2 rings (SSSR count). The van der Waals surface area contributed by atoms with Crippen LogP contribution in [0.15, 0.2) is 42.6 Å². The van der Waals surface area contributed by atoms with Gasteiger partial charge in [-0.3, -0.25) is 0 Å². The monoisotopic (exact) mass is 271 g/mol. The van der Waals surface area contributed by atoms with Crippen LogP contribution in [0.4, 0.5) is 11.5 Å². The minimum absolute atomic E-state index is 0.391. The van der Waals surface area contributed by atoms with Crippen molar-refractivity contribution in [3.05, 3.63) is 53.7 Å². The molecule has 104 valence electrons. The van der Waals surface area contributed by atoms with Crippen LogP contribution in [0.5, 0.6) is 0 Å². The third kappa shape index (κ3) is 3.06. The second-order valence-corrected chi connectivity index (χ2v) is 4.46. The average molecular weight is 271 g/mol. The molecular weight excluding hydrogens is 254 g/mol. The van der Waals surface area contributed by atoms with Gasteiger partial charge in [-0.25, -0.2) is 9.78 Å². The summed E-state index contributed by atoms with van der Waals surface area (Å²) in [7, 11) is 3.24. The molecule has 0 unspecified atom stereocenters. The van der Waals surface area contributed by atoms with E-state index in [1.807, 2.05) is 36.2 Å². The first kappa shape index (κ1) is 13.9. The molecule has 2 aromatic rings. The van der Waals surface area contributed by atoms with Gasteiger partial charge in [-0.05, 0) is 29.8 Å². The molecule has 0 fully saturated rings. The summed E-state index contributed by atoms with van der Waals surface area (Å²) in [5.74, 6) is 0.202. The number of hydrogen-bond acceptors (Lipinski definition) is 5. The van der Waals surface area contributed by atoms with E-state index < -0.39 is 5.97 Å². The summed E-state index contributed by atoms with van der Waals surface area (Å²) in [6.45, 7) is 0.626. The molecule has 5 nitrogen and oxygen atoms in total. The molecule has 0 radical (unpaired) electrons. The normalized spacial score (nSPS) is 10.1. The molecule has 0 aliphatic heterocycles. The van der Waals surface area contributed by atoms with Crippen molar-refractivity contribution >= 4 is 17.5 Å². The Kier molecular flexibility index (Phi) is 4.20. The lowest BCUT2D eigenvalue weighted by Gasteiger charge is -2.20. The summed E-state index contributed by atoms with van der Waals surface area (Å²) in [5, 5.41) is 0. The first-order valence-electron chi connectivity index (χ1n) is 6.20. The van der Waals surface area contributed by atoms with Crippen LogP contribution in [0.25, 0.3) is 0 Å². The highest BCUT2D eigenvalue weighted by molar-refractivity contribution is 5.94. The fourth-order valence-electron chi connectivity index (χ4n) is 1.94. The predicted molar refractivity (Wildman–Crippen MR) is 78.5 cm³/mol. The average Bonchev–Trinajstić information content (AvgIpc) is 2.48. The summed E-state index contributed by atoms with van der Waals surface area (Å²) in [6, 6.07) is 11.0. The van der Waals surface area contributed by atoms with Crippen molar-refractivity contribution in [1.29, 1.82) is 0 Å². The first-order valence-corrected chi connectivity index (χ1v) is 6.20. The van der Waals surface area contributed by atoms with Crippen molar-refractivity contribution in [3.8, 4) is 0 Å². The summed E-state index contributed by atoms with van der Waals surface area (Å²) in [6.07, 6.45) is 1.65. The third-order valence-corrected chi connectivity index (χ3v) is 2.95. The van der Waals surface area contributed by atoms with Gasteiger partial charge in [0.2, 0.25) is 0 Å². The molecule has 0 aliphatic carbocycles. The minimum Gasteiger partial charge on any atom is -0.465 e. The van der Waals surface area contributed by atoms with Crippen molar-refractivity contribution in [2.75, 3.05) is 24.8 Å². The quantitative estimate of drug-likeness (QED) is 0.681. The van der Waals surface area contributed by atoms with E-state index in [0.29, 0.717) is 17.9 Å². The Hall–Kier alpha value is -2.56. The largest absolute Gasteiger partial charge is 0.465 e. The first-order chi connectivity index (χ1) is 9.61. The van der Waals surface area contributed by atoms with Crippen molar-refractivity contribution in [1.82, 2.24) is 4.98 Å². The van der Waals surface area contributed by atoms with E-state index in [1.165, 1.54) is 7.11 Å². The van der Waals surface area contributed by atoms with Gasteiger partial charge in [0.15, 0.2) is 0 Å². The lowest BCUT2D eigenvalue weighted by Crippen LogP contribution is -2.21. The Bertz CT molecular complexity index is 596. The number of nitrogens with zero attached hydrogens (tertiary/aromatic N) is 2. The fourth-order valence-corrected chi connectivity index (χ4v) is 1.94. The molecule has 0 aliphatic rings. The van der Waals surface area contributed by atoms with Gasteiger partial charge in [0.1, 0.15) is 11.4 Å². The smallest absolute Gasteiger partial charge is 0.341 e. The number of ether oxygens (including phenoxy) is 1. The standard InChI is InChI=1S/C15H17N3O2/c1-18(10-11-5-7-12(16)8-6-11)14-13(15(19)20-2)4-3-9-17-14/h3-9H,10,16H2,1-2H3. The van der Waals surface area contributed by atoms with Crippen molar-refractivity contribution in [3.63, 3.8) is 0 Å². The number of carbonyl (C=O) groups is 1. The topological polar surface area (TPSA) is 68.5 Å². The van der Waals surface area contributed by atoms with Crippen molar-refractivity contribution in [2.24, 2.45) is 0 Å². The molecule has 0 spiro atoms. The van der Waals surface area contributed by atoms with Crippen molar-refractivity contribution in [2.45, 2.75) is 6.54 Å². The molecular formula is C15H17N3O2. The molecule has 0 atom stereocenters. The SMILES string of the molecule is COC(=O)c1cccnc1N(C)Cc1ccc(N)cc1. The Labute approximate surface area is 118 Å². The maximum atomic E-state index is 11.7. The zero-order chi connectivity index (χ0) is 14.5. The summed E-state index contributed by atoms with van der Waals surface area (Å²) < 4.78 is 4.77. The van der Waals surface area contributed by atoms with Crippen LogP contribution in [0.3, 0.4) is 0 Å². The van der Waals surface area contributed by atoms with Crippen LogP contribution < -0.4 is 10.6 Å². The van der Waals surface area contributed by atoms with Crippen LogP contribution in [-0.2, 0) is 11.3 Å². The van der Waals surface area contributed by atoms with E-state index in [1.54, 1.807) is 18.3 Å². The summed E-state index contributed by atoms with van der Waals surface area (Å²) in [4.78, 5) is 17.9. The van der Waals surface area contributed by atoms with E-state index in [0.717, 1.165) is 11.3 Å². The molecule has 5 heteroatoms. The second-order valence-electron chi connectivity index (χ2n) is 4.46. The third-order valence-electron chi connectivity index (χ3n) is 2.95. The number of esters is 1. The summed E-state index contributed by atoms with van der Waals surface area (Å²) in [5.41, 5.74) is 7.93. The number of benzene rings is 1. The van der Waals surface area contributed by atoms with Gasteiger partial charge in [0, 0.05) is 25.5 Å². The lowest BCUT2D eigenvalue weighted by atomic mass is 10.2. The van der Waals surface area contributed by atoms with Gasteiger partial charge in [-0.15, -0.1) is 0 Å². The molecule has 2 N–H and O–H groups in total. The van der Waals surface area contributed by atoms with E-state index in [-0.39, 0.29) is 0 Å². The molecule has 0 amide bonds. The van der Waals surface area contributed by atoms with Crippen LogP contribution in [-0.4, -0.2) is 25.1 Å². The molecule has 0 bridgehead atoms. The molecule has 1 aromatic heterocycles. The Morgan fingerprint density at radius 2 is 2.00 bits per heavy atom. The second kappa shape index (κ2) is 6.06. The van der Waals surface area contributed by atoms with E-state index in [9.17, 15) is 4.79 Å². The highest BCUT2D eigenvalue weighted by Crippen LogP contribution is 2.19. The van der Waals surface area contributed by atoms with Gasteiger partial charge >= 0.3 is 5.97 Å². The van der Waals surface area contributed by atoms with Gasteiger partial charge in [0.05, 0.1) is 7.11 Å². The molecule has 1 aromatic carbocycles. The molecule has 20 heavy (non-hydrogen) atoms. The zero-order valence-corrected chi connectivity index (χ0v) is 11.5. The number of rotatable bonds is 4. The Balaban J connectivity index is 2.23. The van der Waals surface area contributed by atoms with Gasteiger partial charge < -0.3 is 15.4 Å². The van der Waals surface area contributed by atoms with Crippen molar-refractivity contribution < 1.29 is 9.53 Å². The Morgan fingerprint density at radius 3 is 2.65 bits per heavy atom. The van der Waals surface area contributed by atoms with Gasteiger partial charge in [-0.1, -0.05) is 12.1 Å². The van der Waals surface area contributed by atoms with E-state index in [2.05, 4.69) is 4.98 Å². The number of carbonyl (C=O) groups excluding carboxylic acids is 1. The van der Waals surface area contributed by atoms with Crippen LogP contribution >= 0.6 is 0 Å². The maximum absolute atomic E-state index is 11.7. The van der Waals surface area contributed by atoms with Crippen LogP contribution in [0.1, 0.15) is 15.9 Å². The number of nitrogen functional groups attached to an aromatic ring is 1. The van der Waals surface area contributed by atoms with E-state index >= 15 is 0 Å². The number of aromatic nitrogens is 1. The number of anilines is 2. The van der Waals surface area contributed by atoms with Gasteiger partial charge in [0.25, 0.3) is 0 Å². The van der Waals surface area contributed by atoms with E-state index in [4.69, 9.17) is 10.5 Å². The molecule has 1 heterocycles. The van der Waals surface area contributed by atoms with Gasteiger partial charge in [-0.2, -0.15) is 0 Å². The number of methoxy groups -OCH3 is 1. The minimum atomic E-state index is -0.391. The summed E-state index contributed by atoms with van der Waals surface area (Å²) >= 11 is 0. The van der Waals surface area contributed by atoms with Crippen LogP contribution in [0.2, 0.25) is 0 Å². The fraction of sp³-hybridized carbons (Fsp3) is 0.200. The maximum Gasteiger partial charge on any atom is 0.341 e.